The van der Waals surface area contributed by atoms with Gasteiger partial charge in [0.05, 0.1) is 11.4 Å². The van der Waals surface area contributed by atoms with Crippen LogP contribution in [-0.4, -0.2) is 38.3 Å². The second-order valence-corrected chi connectivity index (χ2v) is 6.88. The fraction of sp³-hybridized carbons (Fsp3) is 0.500. The van der Waals surface area contributed by atoms with Gasteiger partial charge >= 0.3 is 0 Å². The van der Waals surface area contributed by atoms with Crippen molar-refractivity contribution in [2.45, 2.75) is 37.6 Å². The average Bonchev–Trinajstić information content (AvgIpc) is 2.39. The van der Waals surface area contributed by atoms with E-state index in [-0.39, 0.29) is 23.4 Å². The number of rotatable bonds is 7. The highest BCUT2D eigenvalue weighted by Crippen LogP contribution is 2.12. The minimum atomic E-state index is -3.61. The van der Waals surface area contributed by atoms with Gasteiger partial charge in [-0.1, -0.05) is 31.5 Å². The first-order valence-electron chi connectivity index (χ1n) is 6.68. The van der Waals surface area contributed by atoms with E-state index >= 15 is 0 Å². The Morgan fingerprint density at radius 2 is 1.90 bits per heavy atom. The van der Waals surface area contributed by atoms with Gasteiger partial charge in [0.25, 0.3) is 0 Å². The minimum absolute atomic E-state index is 0.0559. The highest BCUT2D eigenvalue weighted by Gasteiger charge is 2.22. The number of nitrogens with one attached hydrogen (secondary N) is 1. The minimum Gasteiger partial charge on any atom is -0.353 e. The summed E-state index contributed by atoms with van der Waals surface area (Å²) in [7, 11) is -2.20. The molecule has 20 heavy (non-hydrogen) atoms. The summed E-state index contributed by atoms with van der Waals surface area (Å²) in [6, 6.07) is 8.15. The van der Waals surface area contributed by atoms with Gasteiger partial charge < -0.3 is 5.32 Å². The predicted octanol–water partition coefficient (Wildman–Crippen LogP) is 1.61. The first kappa shape index (κ1) is 16.7. The standard InChI is InChI=1S/C14H22N2O3S/c1-4-8-12(2)15-14(17)11-16(3)20(18,19)13-9-6-5-7-10-13/h5-7,9-10,12H,4,8,11H2,1-3H3,(H,15,17)/t12-/m0/s1. The quantitative estimate of drug-likeness (QED) is 0.831. The lowest BCUT2D eigenvalue weighted by Crippen LogP contribution is -2.41. The molecule has 1 N–H and O–H groups in total. The van der Waals surface area contributed by atoms with Crippen LogP contribution in [0, 0.1) is 0 Å². The van der Waals surface area contributed by atoms with Crippen LogP contribution < -0.4 is 5.32 Å². The number of amides is 1. The number of nitrogens with zero attached hydrogens (tertiary/aromatic N) is 1. The molecule has 1 rings (SSSR count). The van der Waals surface area contributed by atoms with Crippen LogP contribution in [0.5, 0.6) is 0 Å². The highest BCUT2D eigenvalue weighted by molar-refractivity contribution is 7.89. The maximum atomic E-state index is 12.2. The van der Waals surface area contributed by atoms with Crippen LogP contribution in [-0.2, 0) is 14.8 Å². The molecular formula is C14H22N2O3S. The molecule has 0 fully saturated rings. The molecule has 0 bridgehead atoms. The molecule has 1 amide bonds. The van der Waals surface area contributed by atoms with Gasteiger partial charge in [0.15, 0.2) is 0 Å². The fourth-order valence-corrected chi connectivity index (χ4v) is 3.03. The van der Waals surface area contributed by atoms with Crippen molar-refractivity contribution in [2.24, 2.45) is 0 Å². The topological polar surface area (TPSA) is 66.5 Å². The molecule has 5 nitrogen and oxygen atoms in total. The molecule has 1 aromatic carbocycles. The van der Waals surface area contributed by atoms with E-state index in [1.807, 2.05) is 13.8 Å². The van der Waals surface area contributed by atoms with Gasteiger partial charge in [-0.25, -0.2) is 8.42 Å². The zero-order valence-electron chi connectivity index (χ0n) is 12.2. The lowest BCUT2D eigenvalue weighted by atomic mass is 10.2. The largest absolute Gasteiger partial charge is 0.353 e. The monoisotopic (exact) mass is 298 g/mol. The van der Waals surface area contributed by atoms with E-state index in [4.69, 9.17) is 0 Å². The van der Waals surface area contributed by atoms with Crippen molar-refractivity contribution in [2.75, 3.05) is 13.6 Å². The van der Waals surface area contributed by atoms with Crippen LogP contribution in [0.1, 0.15) is 26.7 Å². The molecule has 0 unspecified atom stereocenters. The van der Waals surface area contributed by atoms with Crippen LogP contribution in [0.4, 0.5) is 0 Å². The van der Waals surface area contributed by atoms with Crippen molar-refractivity contribution < 1.29 is 13.2 Å². The van der Waals surface area contributed by atoms with Crippen molar-refractivity contribution >= 4 is 15.9 Å². The zero-order chi connectivity index (χ0) is 15.2. The highest BCUT2D eigenvalue weighted by atomic mass is 32.2. The lowest BCUT2D eigenvalue weighted by molar-refractivity contribution is -0.121. The SMILES string of the molecule is CCC[C@H](C)NC(=O)CN(C)S(=O)(=O)c1ccccc1. The van der Waals surface area contributed by atoms with Gasteiger partial charge in [-0.15, -0.1) is 0 Å². The second kappa shape index (κ2) is 7.40. The lowest BCUT2D eigenvalue weighted by Gasteiger charge is -2.19. The van der Waals surface area contributed by atoms with Crippen molar-refractivity contribution in [3.8, 4) is 0 Å². The number of sulfonamides is 1. The van der Waals surface area contributed by atoms with Gasteiger partial charge in [0, 0.05) is 13.1 Å². The Morgan fingerprint density at radius 1 is 1.30 bits per heavy atom. The Hall–Kier alpha value is -1.40. The van der Waals surface area contributed by atoms with Crippen molar-refractivity contribution in [1.29, 1.82) is 0 Å². The maximum absolute atomic E-state index is 12.2. The van der Waals surface area contributed by atoms with Crippen LogP contribution in [0.3, 0.4) is 0 Å². The Bertz CT molecular complexity index is 529. The van der Waals surface area contributed by atoms with E-state index < -0.39 is 10.0 Å². The van der Waals surface area contributed by atoms with Gasteiger partial charge in [-0.2, -0.15) is 4.31 Å². The van der Waals surface area contributed by atoms with E-state index in [9.17, 15) is 13.2 Å². The summed E-state index contributed by atoms with van der Waals surface area (Å²) >= 11 is 0. The molecular weight excluding hydrogens is 276 g/mol. The van der Waals surface area contributed by atoms with E-state index in [0.717, 1.165) is 17.1 Å². The molecule has 0 aliphatic rings. The molecule has 6 heteroatoms. The number of carbonyl (C=O) groups is 1. The molecule has 0 spiro atoms. The third kappa shape index (κ3) is 4.61. The van der Waals surface area contributed by atoms with Crippen LogP contribution in [0.15, 0.2) is 35.2 Å². The number of hydrogen-bond acceptors (Lipinski definition) is 3. The summed E-state index contributed by atoms with van der Waals surface area (Å²) in [5.41, 5.74) is 0. The smallest absolute Gasteiger partial charge is 0.243 e. The van der Waals surface area contributed by atoms with Crippen LogP contribution in [0.2, 0.25) is 0 Å². The van der Waals surface area contributed by atoms with E-state index in [1.165, 1.54) is 19.2 Å². The molecule has 0 aliphatic carbocycles. The third-order valence-electron chi connectivity index (χ3n) is 2.95. The van der Waals surface area contributed by atoms with Gasteiger partial charge in [0.1, 0.15) is 0 Å². The first-order valence-corrected chi connectivity index (χ1v) is 8.12. The van der Waals surface area contributed by atoms with Gasteiger partial charge in [-0.3, -0.25) is 4.79 Å². The maximum Gasteiger partial charge on any atom is 0.243 e. The van der Waals surface area contributed by atoms with E-state index in [2.05, 4.69) is 5.32 Å². The number of carbonyl (C=O) groups excluding carboxylic acids is 1. The number of benzene rings is 1. The molecule has 0 radical (unpaired) electrons. The normalized spacial score (nSPS) is 13.2. The molecule has 0 saturated carbocycles. The fourth-order valence-electron chi connectivity index (χ4n) is 1.89. The molecule has 1 atom stereocenters. The van der Waals surface area contributed by atoms with Gasteiger partial charge in [-0.05, 0) is 25.5 Å². The molecule has 0 saturated heterocycles. The van der Waals surface area contributed by atoms with E-state index in [1.54, 1.807) is 18.2 Å². The summed E-state index contributed by atoms with van der Waals surface area (Å²) in [6.07, 6.45) is 1.85. The van der Waals surface area contributed by atoms with Crippen molar-refractivity contribution in [1.82, 2.24) is 9.62 Å². The molecule has 0 aromatic heterocycles. The summed E-state index contributed by atoms with van der Waals surface area (Å²) in [5.74, 6) is -0.284. The Labute approximate surface area is 121 Å². The Kier molecular flexibility index (Phi) is 6.16. The van der Waals surface area contributed by atoms with Crippen LogP contribution in [0.25, 0.3) is 0 Å². The summed E-state index contributed by atoms with van der Waals surface area (Å²) in [4.78, 5) is 12.0. The van der Waals surface area contributed by atoms with Gasteiger partial charge in [0.2, 0.25) is 15.9 Å². The first-order chi connectivity index (χ1) is 9.37. The number of hydrogen-bond donors (Lipinski definition) is 1. The molecule has 1 aromatic rings. The molecule has 0 aliphatic heterocycles. The second-order valence-electron chi connectivity index (χ2n) is 4.83. The summed E-state index contributed by atoms with van der Waals surface area (Å²) in [5, 5.41) is 2.79. The Balaban J connectivity index is 2.67. The van der Waals surface area contributed by atoms with Crippen molar-refractivity contribution in [3.05, 3.63) is 30.3 Å². The average molecular weight is 298 g/mol. The molecule has 112 valence electrons. The molecule has 0 heterocycles. The van der Waals surface area contributed by atoms with Crippen molar-refractivity contribution in [3.63, 3.8) is 0 Å². The third-order valence-corrected chi connectivity index (χ3v) is 4.76. The predicted molar refractivity (Wildman–Crippen MR) is 78.8 cm³/mol. The summed E-state index contributed by atoms with van der Waals surface area (Å²) in [6.45, 7) is 3.77. The summed E-state index contributed by atoms with van der Waals surface area (Å²) < 4.78 is 25.5. The Morgan fingerprint density at radius 3 is 2.45 bits per heavy atom. The van der Waals surface area contributed by atoms with Crippen LogP contribution >= 0.6 is 0 Å². The van der Waals surface area contributed by atoms with E-state index in [0.29, 0.717) is 0 Å². The zero-order valence-corrected chi connectivity index (χ0v) is 13.0. The number of likely N-dealkylation sites (N-methyl/N-ethyl adjacent to an activating group) is 1.